The average molecular weight is 230 g/mol. The van der Waals surface area contributed by atoms with Crippen molar-refractivity contribution < 1.29 is 14.4 Å². The first-order chi connectivity index (χ1) is 5.20. The van der Waals surface area contributed by atoms with Crippen molar-refractivity contribution in [1.29, 1.82) is 0 Å². The third kappa shape index (κ3) is 2850. The van der Waals surface area contributed by atoms with Gasteiger partial charge in [-0.15, -0.1) is 0 Å². The highest BCUT2D eigenvalue weighted by Crippen LogP contribution is 1.98. The molecule has 0 atom stereocenters. The van der Waals surface area contributed by atoms with Crippen molar-refractivity contribution in [2.75, 3.05) is 0 Å². The first-order valence-electron chi connectivity index (χ1n) is 4.12. The molecule has 6 heteroatoms. The lowest BCUT2D eigenvalue weighted by atomic mass is 11.8. The van der Waals surface area contributed by atoms with Gasteiger partial charge in [-0.2, -0.15) is 0 Å². The minimum Gasteiger partial charge on any atom is -0.326 e. The molecule has 0 saturated heterocycles. The van der Waals surface area contributed by atoms with Gasteiger partial charge in [-0.25, -0.2) is 0 Å². The van der Waals surface area contributed by atoms with Gasteiger partial charge < -0.3 is 9.79 Å². The molecule has 0 aromatic carbocycles. The maximum atomic E-state index is 8.74. The van der Waals surface area contributed by atoms with Gasteiger partial charge in [-0.3, -0.25) is 4.57 Å². The van der Waals surface area contributed by atoms with E-state index in [-0.39, 0.29) is 17.6 Å². The van der Waals surface area contributed by atoms with Crippen molar-refractivity contribution in [3.8, 4) is 0 Å². The Bertz CT molecular complexity index is 83.3. The molecule has 0 aromatic heterocycles. The third-order valence-corrected chi connectivity index (χ3v) is 0. The lowest BCUT2D eigenvalue weighted by Crippen LogP contribution is -1.84. The largest absolute Gasteiger partial charge is 0.326 e. The van der Waals surface area contributed by atoms with Gasteiger partial charge in [0, 0.05) is 17.6 Å². The van der Waals surface area contributed by atoms with E-state index < -0.39 is 8.25 Å². The molecule has 0 aliphatic rings. The highest BCUT2D eigenvalue weighted by Gasteiger charge is 1.72. The molecule has 0 radical (unpaired) electrons. The minimum absolute atomic E-state index is 0.139. The number of rotatable bonds is 0. The monoisotopic (exact) mass is 230 g/mol. The van der Waals surface area contributed by atoms with Gasteiger partial charge in [0.1, 0.15) is 0 Å². The summed E-state index contributed by atoms with van der Waals surface area (Å²) in [6.45, 7) is 13.8. The van der Waals surface area contributed by atoms with Crippen LogP contribution in [0.4, 0.5) is 0 Å². The molecule has 0 aliphatic carbocycles. The molecule has 12 heavy (non-hydrogen) atoms. The first-order valence-corrected chi connectivity index (χ1v) is 12.3. The maximum absolute atomic E-state index is 8.74. The van der Waals surface area contributed by atoms with Gasteiger partial charge in [0.15, 0.2) is 0 Å². The van der Waals surface area contributed by atoms with Crippen molar-refractivity contribution in [3.63, 3.8) is 0 Å². The van der Waals surface area contributed by atoms with Crippen LogP contribution in [0.3, 0.4) is 0 Å². The molecule has 0 saturated carbocycles. The van der Waals surface area contributed by atoms with Gasteiger partial charge in [0.2, 0.25) is 0 Å². The summed E-state index contributed by atoms with van der Waals surface area (Å²) in [5.41, 5.74) is 0. The number of hydrogen-bond acceptors (Lipinski definition) is 1. The Labute approximate surface area is 80.0 Å². The van der Waals surface area contributed by atoms with E-state index in [1.807, 2.05) is 0 Å². The summed E-state index contributed by atoms with van der Waals surface area (Å²) >= 11 is 0. The van der Waals surface area contributed by atoms with Gasteiger partial charge >= 0.3 is 8.25 Å². The zero-order valence-corrected chi connectivity index (χ0v) is 12.3. The van der Waals surface area contributed by atoms with Crippen LogP contribution in [-0.4, -0.2) is 27.4 Å². The molecule has 3 nitrogen and oxygen atoms in total. The highest BCUT2D eigenvalue weighted by molar-refractivity contribution is 7.30. The SMILES string of the molecule is C[SiH](C)C.C[SiH](C)C.O=[PH](O)O. The Morgan fingerprint density at radius 3 is 0.833 bits per heavy atom. The summed E-state index contributed by atoms with van der Waals surface area (Å²) in [4.78, 5) is 14.3. The van der Waals surface area contributed by atoms with E-state index in [1.54, 1.807) is 0 Å². The van der Waals surface area contributed by atoms with Crippen LogP contribution in [0, 0.1) is 0 Å². The fourth-order valence-corrected chi connectivity index (χ4v) is 0. The van der Waals surface area contributed by atoms with E-state index in [4.69, 9.17) is 14.4 Å². The Kier molecular flexibility index (Phi) is 21.6. The highest BCUT2D eigenvalue weighted by atomic mass is 31.1. The third-order valence-electron chi connectivity index (χ3n) is 0. The second-order valence-corrected chi connectivity index (χ2v) is 11.2. The fraction of sp³-hybridized carbons (Fsp3) is 1.00. The molecule has 0 unspecified atom stereocenters. The number of hydrogen-bond donors (Lipinski definition) is 2. The van der Waals surface area contributed by atoms with Crippen LogP contribution in [-0.2, 0) is 4.57 Å². The lowest BCUT2D eigenvalue weighted by Gasteiger charge is -1.75. The van der Waals surface area contributed by atoms with Crippen LogP contribution in [0.2, 0.25) is 39.3 Å². The standard InChI is InChI=1S/2C3H10Si.H3O3P/c3*1-4(2)3/h2*4H,1-3H3;4H,(H2,1,2,3). The molecule has 0 rings (SSSR count). The molecule has 0 heterocycles. The van der Waals surface area contributed by atoms with Crippen molar-refractivity contribution in [2.24, 2.45) is 0 Å². The van der Waals surface area contributed by atoms with Gasteiger partial charge in [-0.05, 0) is 0 Å². The Morgan fingerprint density at radius 1 is 0.833 bits per heavy atom. The predicted octanol–water partition coefficient (Wildman–Crippen LogP) is 1.57. The molecule has 78 valence electrons. The first kappa shape index (κ1) is 18.4. The Balaban J connectivity index is -0.000000101. The summed E-state index contributed by atoms with van der Waals surface area (Å²) in [5, 5.41) is 0. The summed E-state index contributed by atoms with van der Waals surface area (Å²) < 4.78 is 8.74. The van der Waals surface area contributed by atoms with Gasteiger partial charge in [0.25, 0.3) is 0 Å². The van der Waals surface area contributed by atoms with E-state index in [9.17, 15) is 0 Å². The Hall–Kier alpha value is 0.584. The normalized spacial score (nSPS) is 8.92. The summed E-state index contributed by atoms with van der Waals surface area (Å²) in [6.07, 6.45) is 0. The Morgan fingerprint density at radius 2 is 0.833 bits per heavy atom. The zero-order chi connectivity index (χ0) is 10.7. The fourth-order valence-electron chi connectivity index (χ4n) is 0. The van der Waals surface area contributed by atoms with E-state index in [2.05, 4.69) is 39.3 Å². The second-order valence-electron chi connectivity index (χ2n) is 3.75. The summed E-state index contributed by atoms with van der Waals surface area (Å²) in [7, 11) is -3.41. The molecule has 0 amide bonds. The van der Waals surface area contributed by atoms with Crippen molar-refractivity contribution in [2.45, 2.75) is 39.3 Å². The molecule has 0 aliphatic heterocycles. The molecule has 0 aromatic rings. The predicted molar refractivity (Wildman–Crippen MR) is 62.9 cm³/mol. The molecule has 0 spiro atoms. The van der Waals surface area contributed by atoms with Gasteiger partial charge in [0.05, 0.1) is 0 Å². The molecular formula is C6H23O3PSi2. The van der Waals surface area contributed by atoms with Crippen LogP contribution in [0.1, 0.15) is 0 Å². The van der Waals surface area contributed by atoms with E-state index in [0.29, 0.717) is 0 Å². The molecule has 2 N–H and O–H groups in total. The van der Waals surface area contributed by atoms with Crippen LogP contribution in [0.25, 0.3) is 0 Å². The van der Waals surface area contributed by atoms with E-state index in [0.717, 1.165) is 0 Å². The smallest absolute Gasteiger partial charge is 0.314 e. The zero-order valence-electron chi connectivity index (χ0n) is 8.96. The van der Waals surface area contributed by atoms with Crippen molar-refractivity contribution in [3.05, 3.63) is 0 Å². The molecular weight excluding hydrogens is 207 g/mol. The van der Waals surface area contributed by atoms with Crippen LogP contribution >= 0.6 is 8.25 Å². The van der Waals surface area contributed by atoms with E-state index >= 15 is 0 Å². The topological polar surface area (TPSA) is 57.5 Å². The molecule has 0 bridgehead atoms. The quantitative estimate of drug-likeness (QED) is 0.490. The summed E-state index contributed by atoms with van der Waals surface area (Å²) in [6, 6.07) is 0. The maximum Gasteiger partial charge on any atom is 0.314 e. The molecule has 0 fully saturated rings. The van der Waals surface area contributed by atoms with E-state index in [1.165, 1.54) is 0 Å². The van der Waals surface area contributed by atoms with Crippen molar-refractivity contribution in [1.82, 2.24) is 0 Å². The van der Waals surface area contributed by atoms with Gasteiger partial charge in [-0.1, -0.05) is 39.3 Å². The van der Waals surface area contributed by atoms with Crippen molar-refractivity contribution >= 4 is 25.8 Å². The minimum atomic E-state index is -3.13. The van der Waals surface area contributed by atoms with Crippen LogP contribution < -0.4 is 0 Å². The second kappa shape index (κ2) is 14.1. The average Bonchev–Trinajstić information content (AvgIpc) is 1.54. The van der Waals surface area contributed by atoms with Crippen LogP contribution in [0.5, 0.6) is 0 Å². The van der Waals surface area contributed by atoms with Crippen LogP contribution in [0.15, 0.2) is 0 Å². The lowest BCUT2D eigenvalue weighted by molar-refractivity contribution is 0.405. The summed E-state index contributed by atoms with van der Waals surface area (Å²) in [5.74, 6) is 0.